The lowest BCUT2D eigenvalue weighted by atomic mass is 9.97. The molecule has 2 heterocycles. The molecule has 1 aliphatic carbocycles. The zero-order valence-electron chi connectivity index (χ0n) is 17.4. The zero-order chi connectivity index (χ0) is 21.8. The first-order chi connectivity index (χ1) is 15.0. The van der Waals surface area contributed by atoms with Gasteiger partial charge in [-0.05, 0) is 62.4 Å². The van der Waals surface area contributed by atoms with Gasteiger partial charge in [0.15, 0.2) is 5.82 Å². The number of anilines is 2. The molecule has 1 saturated heterocycles. The minimum atomic E-state index is -0.123. The first kappa shape index (κ1) is 21.9. The Morgan fingerprint density at radius 2 is 2.03 bits per heavy atom. The van der Waals surface area contributed by atoms with Gasteiger partial charge in [-0.25, -0.2) is 0 Å². The molecule has 164 valence electrons. The van der Waals surface area contributed by atoms with Gasteiger partial charge in [0.2, 0.25) is 11.8 Å². The van der Waals surface area contributed by atoms with E-state index in [-0.39, 0.29) is 23.5 Å². The van der Waals surface area contributed by atoms with E-state index in [0.717, 1.165) is 43.6 Å². The maximum Gasteiger partial charge on any atom is 0.234 e. The van der Waals surface area contributed by atoms with Gasteiger partial charge in [-0.1, -0.05) is 29.4 Å². The molecule has 2 amide bonds. The quantitative estimate of drug-likeness (QED) is 0.614. The molecule has 1 atom stereocenters. The lowest BCUT2D eigenvalue weighted by molar-refractivity contribution is -0.125. The van der Waals surface area contributed by atoms with Crippen molar-refractivity contribution in [1.29, 1.82) is 0 Å². The predicted octanol–water partition coefficient (Wildman–Crippen LogP) is 3.66. The highest BCUT2D eigenvalue weighted by Gasteiger charge is 2.30. The fourth-order valence-electron chi connectivity index (χ4n) is 3.57. The van der Waals surface area contributed by atoms with Crippen LogP contribution in [0.5, 0.6) is 0 Å². The Morgan fingerprint density at radius 1 is 1.19 bits per heavy atom. The summed E-state index contributed by atoms with van der Waals surface area (Å²) in [6.45, 7) is 3.41. The molecule has 0 spiro atoms. The van der Waals surface area contributed by atoms with Crippen LogP contribution in [-0.4, -0.2) is 46.9 Å². The molecule has 2 N–H and O–H groups in total. The molecule has 9 heteroatoms. The van der Waals surface area contributed by atoms with Crippen LogP contribution in [0.4, 0.5) is 11.5 Å². The predicted molar refractivity (Wildman–Crippen MR) is 124 cm³/mol. The maximum atomic E-state index is 12.4. The summed E-state index contributed by atoms with van der Waals surface area (Å²) in [7, 11) is 0. The molecule has 0 bridgehead atoms. The molecule has 2 aromatic rings. The van der Waals surface area contributed by atoms with Crippen LogP contribution >= 0.6 is 23.4 Å². The Bertz CT molecular complexity index is 951. The van der Waals surface area contributed by atoms with E-state index in [9.17, 15) is 9.59 Å². The maximum absolute atomic E-state index is 12.4. The smallest absolute Gasteiger partial charge is 0.234 e. The molecule has 4 rings (SSSR count). The standard InChI is InChI=1S/C22H26ClN5O2S/c1-14-17(23)5-2-6-18(14)25-20(29)13-31-21-10-9-19(26-27-21)28-11-3-4-15(12-28)22(30)24-16-7-8-16/h2,5-6,9-10,15-16H,3-4,7-8,11-13H2,1H3,(H,24,30)(H,25,29)/t15-/m1/s1. The number of carbonyl (C=O) groups is 2. The van der Waals surface area contributed by atoms with Crippen LogP contribution in [-0.2, 0) is 9.59 Å². The summed E-state index contributed by atoms with van der Waals surface area (Å²) in [5.74, 6) is 1.04. The van der Waals surface area contributed by atoms with Gasteiger partial charge in [0.1, 0.15) is 5.03 Å². The summed E-state index contributed by atoms with van der Waals surface area (Å²) in [5.41, 5.74) is 1.56. The number of benzene rings is 1. The lowest BCUT2D eigenvalue weighted by Crippen LogP contribution is -2.44. The monoisotopic (exact) mass is 459 g/mol. The van der Waals surface area contributed by atoms with Gasteiger partial charge in [-0.2, -0.15) is 0 Å². The average molecular weight is 460 g/mol. The van der Waals surface area contributed by atoms with Gasteiger partial charge in [0.05, 0.1) is 11.7 Å². The van der Waals surface area contributed by atoms with Crippen LogP contribution in [0, 0.1) is 12.8 Å². The molecule has 1 aliphatic heterocycles. The number of aromatic nitrogens is 2. The highest BCUT2D eigenvalue weighted by Crippen LogP contribution is 2.26. The van der Waals surface area contributed by atoms with E-state index < -0.39 is 0 Å². The van der Waals surface area contributed by atoms with E-state index in [2.05, 4.69) is 25.7 Å². The number of rotatable bonds is 7. The van der Waals surface area contributed by atoms with Crippen molar-refractivity contribution in [1.82, 2.24) is 15.5 Å². The van der Waals surface area contributed by atoms with E-state index >= 15 is 0 Å². The topological polar surface area (TPSA) is 87.2 Å². The van der Waals surface area contributed by atoms with Gasteiger partial charge in [-0.15, -0.1) is 10.2 Å². The molecule has 1 aromatic heterocycles. The van der Waals surface area contributed by atoms with Gasteiger partial charge in [0.25, 0.3) is 0 Å². The number of hydrogen-bond donors (Lipinski definition) is 2. The van der Waals surface area contributed by atoms with Crippen molar-refractivity contribution in [3.05, 3.63) is 40.9 Å². The number of hydrogen-bond acceptors (Lipinski definition) is 6. The summed E-state index contributed by atoms with van der Waals surface area (Å²) in [6, 6.07) is 9.61. The second-order valence-corrected chi connectivity index (χ2v) is 9.45. The normalized spacial score (nSPS) is 18.5. The molecule has 1 saturated carbocycles. The van der Waals surface area contributed by atoms with Gasteiger partial charge in [0, 0.05) is 29.8 Å². The Balaban J connectivity index is 1.28. The van der Waals surface area contributed by atoms with E-state index in [1.807, 2.05) is 31.2 Å². The van der Waals surface area contributed by atoms with Crippen LogP contribution in [0.25, 0.3) is 0 Å². The van der Waals surface area contributed by atoms with E-state index in [4.69, 9.17) is 11.6 Å². The van der Waals surface area contributed by atoms with Gasteiger partial charge in [-0.3, -0.25) is 9.59 Å². The number of thioether (sulfide) groups is 1. The minimum absolute atomic E-state index is 0.00356. The largest absolute Gasteiger partial charge is 0.354 e. The van der Waals surface area contributed by atoms with Crippen molar-refractivity contribution in [2.24, 2.45) is 5.92 Å². The number of amides is 2. The van der Waals surface area contributed by atoms with E-state index in [0.29, 0.717) is 28.3 Å². The first-order valence-corrected chi connectivity index (χ1v) is 11.9. The molecule has 2 fully saturated rings. The van der Waals surface area contributed by atoms with E-state index in [1.54, 1.807) is 6.07 Å². The third-order valence-electron chi connectivity index (χ3n) is 5.56. The summed E-state index contributed by atoms with van der Waals surface area (Å²) in [6.07, 6.45) is 4.08. The van der Waals surface area contributed by atoms with Crippen LogP contribution < -0.4 is 15.5 Å². The Kier molecular flexibility index (Phi) is 6.97. The van der Waals surface area contributed by atoms with Crippen molar-refractivity contribution in [2.45, 2.75) is 43.7 Å². The average Bonchev–Trinajstić information content (AvgIpc) is 3.60. The minimum Gasteiger partial charge on any atom is -0.354 e. The number of carbonyl (C=O) groups excluding carboxylic acids is 2. The number of nitrogens with zero attached hydrogens (tertiary/aromatic N) is 3. The molecule has 2 aliphatic rings. The Labute approximate surface area is 191 Å². The second kappa shape index (κ2) is 9.87. The molecule has 7 nitrogen and oxygen atoms in total. The molecule has 0 unspecified atom stereocenters. The van der Waals surface area contributed by atoms with Crippen molar-refractivity contribution in [3.8, 4) is 0 Å². The number of halogens is 1. The molecule has 31 heavy (non-hydrogen) atoms. The fourth-order valence-corrected chi connectivity index (χ4v) is 4.36. The highest BCUT2D eigenvalue weighted by atomic mass is 35.5. The van der Waals surface area contributed by atoms with Gasteiger partial charge >= 0.3 is 0 Å². The van der Waals surface area contributed by atoms with Crippen LogP contribution in [0.1, 0.15) is 31.2 Å². The van der Waals surface area contributed by atoms with Crippen LogP contribution in [0.2, 0.25) is 5.02 Å². The summed E-state index contributed by atoms with van der Waals surface area (Å²) in [5, 5.41) is 15.9. The second-order valence-electron chi connectivity index (χ2n) is 8.05. The molecule has 0 radical (unpaired) electrons. The molecule has 1 aromatic carbocycles. The number of nitrogens with one attached hydrogen (secondary N) is 2. The molecular weight excluding hydrogens is 434 g/mol. The highest BCUT2D eigenvalue weighted by molar-refractivity contribution is 7.99. The summed E-state index contributed by atoms with van der Waals surface area (Å²) in [4.78, 5) is 26.8. The Hall–Kier alpha value is -2.32. The lowest BCUT2D eigenvalue weighted by Gasteiger charge is -2.32. The van der Waals surface area contributed by atoms with Crippen molar-refractivity contribution in [2.75, 3.05) is 29.1 Å². The van der Waals surface area contributed by atoms with Crippen molar-refractivity contribution < 1.29 is 9.59 Å². The van der Waals surface area contributed by atoms with Crippen LogP contribution in [0.3, 0.4) is 0 Å². The van der Waals surface area contributed by atoms with Crippen molar-refractivity contribution >= 4 is 46.7 Å². The summed E-state index contributed by atoms with van der Waals surface area (Å²) >= 11 is 7.43. The van der Waals surface area contributed by atoms with Crippen LogP contribution in [0.15, 0.2) is 35.4 Å². The fraction of sp³-hybridized carbons (Fsp3) is 0.455. The zero-order valence-corrected chi connectivity index (χ0v) is 19.0. The summed E-state index contributed by atoms with van der Waals surface area (Å²) < 4.78 is 0. The Morgan fingerprint density at radius 3 is 2.77 bits per heavy atom. The third kappa shape index (κ3) is 5.89. The van der Waals surface area contributed by atoms with Gasteiger partial charge < -0.3 is 15.5 Å². The molecular formula is C22H26ClN5O2S. The third-order valence-corrected chi connectivity index (χ3v) is 6.89. The van der Waals surface area contributed by atoms with Crippen molar-refractivity contribution in [3.63, 3.8) is 0 Å². The van der Waals surface area contributed by atoms with E-state index in [1.165, 1.54) is 11.8 Å². The first-order valence-electron chi connectivity index (χ1n) is 10.6. The SMILES string of the molecule is Cc1c(Cl)cccc1NC(=O)CSc1ccc(N2CCC[C@@H](C(=O)NC3CC3)C2)nn1. The number of piperidine rings is 1.